The van der Waals surface area contributed by atoms with Crippen molar-refractivity contribution in [2.45, 2.75) is 46.0 Å². The maximum absolute atomic E-state index is 15.1. The van der Waals surface area contributed by atoms with Crippen LogP contribution in [0.3, 0.4) is 0 Å². The van der Waals surface area contributed by atoms with E-state index in [-0.39, 0.29) is 17.6 Å². The molecule has 1 atom stereocenters. The summed E-state index contributed by atoms with van der Waals surface area (Å²) in [6, 6.07) is 3.61. The molecule has 0 saturated heterocycles. The zero-order chi connectivity index (χ0) is 18.6. The molecule has 2 aromatic rings. The molecule has 2 aliphatic carbocycles. The molecule has 1 nitrogen and oxygen atoms in total. The largest absolute Gasteiger partial charge is 0.256 e. The van der Waals surface area contributed by atoms with Gasteiger partial charge in [0.1, 0.15) is 11.6 Å². The van der Waals surface area contributed by atoms with Gasteiger partial charge in [-0.1, -0.05) is 32.1 Å². The Kier molecular flexibility index (Phi) is 3.87. The van der Waals surface area contributed by atoms with Crippen LogP contribution in [0.15, 0.2) is 48.0 Å². The number of benzene rings is 1. The highest BCUT2D eigenvalue weighted by atomic mass is 19.1. The Hall–Kier alpha value is -2.29. The SMILES string of the molecule is CC=CCC1CC=C(F)C2=C1c1nccc3c(F)c(C)cc(c13)C2(C)C. The molecule has 26 heavy (non-hydrogen) atoms. The summed E-state index contributed by atoms with van der Waals surface area (Å²) in [5.41, 5.74) is 3.45. The monoisotopic (exact) mass is 351 g/mol. The van der Waals surface area contributed by atoms with Crippen LogP contribution in [0, 0.1) is 18.7 Å². The number of allylic oxidation sites excluding steroid dienone is 6. The van der Waals surface area contributed by atoms with Crippen molar-refractivity contribution in [1.29, 1.82) is 0 Å². The first-order valence-electron chi connectivity index (χ1n) is 9.18. The lowest BCUT2D eigenvalue weighted by molar-refractivity contribution is 0.523. The number of pyridine rings is 1. The van der Waals surface area contributed by atoms with Crippen molar-refractivity contribution in [1.82, 2.24) is 4.98 Å². The molecule has 0 saturated carbocycles. The topological polar surface area (TPSA) is 12.9 Å². The Morgan fingerprint density at radius 3 is 2.81 bits per heavy atom. The summed E-state index contributed by atoms with van der Waals surface area (Å²) < 4.78 is 29.9. The molecular weight excluding hydrogens is 328 g/mol. The summed E-state index contributed by atoms with van der Waals surface area (Å²) in [5.74, 6) is -0.201. The molecule has 2 aliphatic rings. The van der Waals surface area contributed by atoms with Crippen molar-refractivity contribution >= 4 is 16.3 Å². The van der Waals surface area contributed by atoms with E-state index < -0.39 is 5.41 Å². The van der Waals surface area contributed by atoms with Crippen molar-refractivity contribution < 1.29 is 8.78 Å². The number of halogens is 2. The molecule has 0 bridgehead atoms. The first-order valence-corrected chi connectivity index (χ1v) is 9.18. The third kappa shape index (κ3) is 2.22. The van der Waals surface area contributed by atoms with E-state index in [0.29, 0.717) is 17.4 Å². The van der Waals surface area contributed by atoms with Gasteiger partial charge in [-0.2, -0.15) is 0 Å². The van der Waals surface area contributed by atoms with E-state index in [4.69, 9.17) is 0 Å². The van der Waals surface area contributed by atoms with Gasteiger partial charge in [0.15, 0.2) is 0 Å². The minimum atomic E-state index is -0.530. The lowest BCUT2D eigenvalue weighted by Crippen LogP contribution is -2.30. The Bertz CT molecular complexity index is 1010. The molecule has 0 amide bonds. The second-order valence-corrected chi connectivity index (χ2v) is 7.84. The fourth-order valence-electron chi connectivity index (χ4n) is 4.57. The Balaban J connectivity index is 2.12. The van der Waals surface area contributed by atoms with Gasteiger partial charge in [-0.15, -0.1) is 0 Å². The summed E-state index contributed by atoms with van der Waals surface area (Å²) in [5, 5.41) is 1.43. The highest BCUT2D eigenvalue weighted by Gasteiger charge is 2.42. The maximum Gasteiger partial charge on any atom is 0.134 e. The predicted molar refractivity (Wildman–Crippen MR) is 103 cm³/mol. The molecule has 1 aromatic carbocycles. The van der Waals surface area contributed by atoms with Gasteiger partial charge >= 0.3 is 0 Å². The third-order valence-corrected chi connectivity index (χ3v) is 5.87. The van der Waals surface area contributed by atoms with Gasteiger partial charge in [-0.05, 0) is 61.4 Å². The van der Waals surface area contributed by atoms with Crippen LogP contribution < -0.4 is 0 Å². The molecule has 1 aromatic heterocycles. The quantitative estimate of drug-likeness (QED) is 0.558. The molecule has 134 valence electrons. The van der Waals surface area contributed by atoms with Crippen LogP contribution in [0.1, 0.15) is 50.4 Å². The normalized spacial score (nSPS) is 21.3. The van der Waals surface area contributed by atoms with Crippen molar-refractivity contribution in [3.8, 4) is 0 Å². The average Bonchev–Trinajstić information content (AvgIpc) is 2.61. The molecule has 0 N–H and O–H groups in total. The molecule has 4 rings (SSSR count). The number of aryl methyl sites for hydroxylation is 1. The van der Waals surface area contributed by atoms with E-state index in [1.807, 2.05) is 32.9 Å². The molecule has 1 heterocycles. The number of hydrogen-bond acceptors (Lipinski definition) is 1. The van der Waals surface area contributed by atoms with Crippen LogP contribution in [0.4, 0.5) is 8.78 Å². The number of aromatic nitrogens is 1. The van der Waals surface area contributed by atoms with Crippen molar-refractivity contribution in [3.05, 3.63) is 70.6 Å². The zero-order valence-corrected chi connectivity index (χ0v) is 15.7. The number of fused-ring (bicyclic) bond motifs is 1. The average molecular weight is 351 g/mol. The highest BCUT2D eigenvalue weighted by Crippen LogP contribution is 2.54. The molecule has 3 heteroatoms. The van der Waals surface area contributed by atoms with Gasteiger partial charge in [-0.3, -0.25) is 4.98 Å². The minimum Gasteiger partial charge on any atom is -0.256 e. The summed E-state index contributed by atoms with van der Waals surface area (Å²) in [7, 11) is 0. The molecule has 1 unspecified atom stereocenters. The Morgan fingerprint density at radius 1 is 1.31 bits per heavy atom. The van der Waals surface area contributed by atoms with Gasteiger partial charge in [0.05, 0.1) is 5.69 Å². The number of nitrogens with zero attached hydrogens (tertiary/aromatic N) is 1. The maximum atomic E-state index is 15.1. The molecular formula is C23H23F2N. The van der Waals surface area contributed by atoms with Gasteiger partial charge in [-0.25, -0.2) is 8.78 Å². The van der Waals surface area contributed by atoms with E-state index in [2.05, 4.69) is 11.1 Å². The van der Waals surface area contributed by atoms with Crippen LogP contribution in [0.25, 0.3) is 16.3 Å². The zero-order valence-electron chi connectivity index (χ0n) is 15.7. The Labute approximate surface area is 153 Å². The van der Waals surface area contributed by atoms with E-state index in [0.717, 1.165) is 34.2 Å². The summed E-state index contributed by atoms with van der Waals surface area (Å²) in [6.45, 7) is 7.84. The molecule has 0 aliphatic heterocycles. The lowest BCUT2D eigenvalue weighted by Gasteiger charge is -2.40. The van der Waals surface area contributed by atoms with Crippen molar-refractivity contribution in [2.24, 2.45) is 5.92 Å². The van der Waals surface area contributed by atoms with Gasteiger partial charge < -0.3 is 0 Å². The van der Waals surface area contributed by atoms with Crippen LogP contribution in [0.5, 0.6) is 0 Å². The summed E-state index contributed by atoms with van der Waals surface area (Å²) in [4.78, 5) is 4.61. The number of rotatable bonds is 2. The van der Waals surface area contributed by atoms with E-state index in [9.17, 15) is 4.39 Å². The van der Waals surface area contributed by atoms with Crippen molar-refractivity contribution in [3.63, 3.8) is 0 Å². The third-order valence-electron chi connectivity index (χ3n) is 5.87. The van der Waals surface area contributed by atoms with Crippen LogP contribution >= 0.6 is 0 Å². The molecule has 0 radical (unpaired) electrons. The summed E-state index contributed by atoms with van der Waals surface area (Å²) in [6.07, 6.45) is 8.97. The second kappa shape index (κ2) is 5.87. The highest BCUT2D eigenvalue weighted by molar-refractivity contribution is 6.01. The lowest BCUT2D eigenvalue weighted by atomic mass is 9.64. The van der Waals surface area contributed by atoms with Crippen LogP contribution in [0.2, 0.25) is 0 Å². The van der Waals surface area contributed by atoms with E-state index >= 15 is 4.39 Å². The Morgan fingerprint density at radius 2 is 2.08 bits per heavy atom. The second-order valence-electron chi connectivity index (χ2n) is 7.84. The molecule has 0 fully saturated rings. The fourth-order valence-corrected chi connectivity index (χ4v) is 4.57. The van der Waals surface area contributed by atoms with Gasteiger partial charge in [0.2, 0.25) is 0 Å². The van der Waals surface area contributed by atoms with Crippen LogP contribution in [-0.4, -0.2) is 4.98 Å². The van der Waals surface area contributed by atoms with E-state index in [1.54, 1.807) is 25.3 Å². The minimum absolute atomic E-state index is 0.159. The standard InChI is InChI=1S/C23H23F2N/c1-5-6-7-14-8-9-17(24)20-18(14)22-19-15(10-11-26-22)21(25)13(2)12-16(19)23(20,3)4/h5-6,9-12,14H,7-8H2,1-4H3. The van der Waals surface area contributed by atoms with Gasteiger partial charge in [0.25, 0.3) is 0 Å². The first kappa shape index (κ1) is 17.1. The number of hydrogen-bond donors (Lipinski definition) is 0. The summed E-state index contributed by atoms with van der Waals surface area (Å²) >= 11 is 0. The van der Waals surface area contributed by atoms with Crippen molar-refractivity contribution in [2.75, 3.05) is 0 Å². The fraction of sp³-hybridized carbons (Fsp3) is 0.348. The molecule has 0 spiro atoms. The smallest absolute Gasteiger partial charge is 0.134 e. The van der Waals surface area contributed by atoms with E-state index in [1.165, 1.54) is 0 Å². The predicted octanol–water partition coefficient (Wildman–Crippen LogP) is 6.57. The van der Waals surface area contributed by atoms with Crippen LogP contribution in [-0.2, 0) is 5.41 Å². The first-order chi connectivity index (χ1) is 12.4. The van der Waals surface area contributed by atoms with Gasteiger partial charge in [0, 0.05) is 28.0 Å².